The van der Waals surface area contributed by atoms with Crippen LogP contribution in [0.1, 0.15) is 36.0 Å². The van der Waals surface area contributed by atoms with E-state index in [1.807, 2.05) is 6.07 Å². The van der Waals surface area contributed by atoms with Gasteiger partial charge in [0.05, 0.1) is 10.8 Å². The zero-order valence-corrected chi connectivity index (χ0v) is 19.4. The lowest BCUT2D eigenvalue weighted by molar-refractivity contribution is -0.119. The SMILES string of the molecule is O=C(Nc1cccc(S(=O)(=O)N2CCCCCC2)c1)[C@@H]1CSCN1C(=O)c1ccccc1. The van der Waals surface area contributed by atoms with Gasteiger partial charge in [-0.05, 0) is 43.2 Å². The average Bonchev–Trinajstić information content (AvgIpc) is 3.13. The molecule has 2 aromatic carbocycles. The van der Waals surface area contributed by atoms with E-state index in [9.17, 15) is 18.0 Å². The minimum Gasteiger partial charge on any atom is -0.324 e. The Bertz CT molecular complexity index is 1070. The van der Waals surface area contributed by atoms with Crippen molar-refractivity contribution in [2.75, 3.05) is 30.0 Å². The summed E-state index contributed by atoms with van der Waals surface area (Å²) in [5, 5.41) is 2.82. The predicted molar refractivity (Wildman–Crippen MR) is 126 cm³/mol. The van der Waals surface area contributed by atoms with Crippen molar-refractivity contribution in [3.8, 4) is 0 Å². The number of hydrogen-bond donors (Lipinski definition) is 1. The van der Waals surface area contributed by atoms with Gasteiger partial charge in [0, 0.05) is 30.1 Å². The Morgan fingerprint density at radius 2 is 1.66 bits per heavy atom. The number of benzene rings is 2. The minimum absolute atomic E-state index is 0.176. The van der Waals surface area contributed by atoms with Gasteiger partial charge in [0.2, 0.25) is 15.9 Å². The summed E-state index contributed by atoms with van der Waals surface area (Å²) in [6.07, 6.45) is 3.81. The van der Waals surface area contributed by atoms with E-state index in [4.69, 9.17) is 0 Å². The van der Waals surface area contributed by atoms with Gasteiger partial charge >= 0.3 is 0 Å². The van der Waals surface area contributed by atoms with Gasteiger partial charge in [0.25, 0.3) is 5.91 Å². The van der Waals surface area contributed by atoms with E-state index < -0.39 is 16.1 Å². The molecule has 0 radical (unpaired) electrons. The second-order valence-corrected chi connectivity index (χ2v) is 10.9. The summed E-state index contributed by atoms with van der Waals surface area (Å²) in [7, 11) is -3.61. The van der Waals surface area contributed by atoms with E-state index >= 15 is 0 Å². The van der Waals surface area contributed by atoms with Crippen molar-refractivity contribution in [1.82, 2.24) is 9.21 Å². The molecule has 0 unspecified atom stereocenters. The van der Waals surface area contributed by atoms with Gasteiger partial charge in [-0.25, -0.2) is 8.42 Å². The minimum atomic E-state index is -3.61. The number of amides is 2. The van der Waals surface area contributed by atoms with Gasteiger partial charge in [-0.2, -0.15) is 4.31 Å². The molecule has 0 spiro atoms. The third-order valence-electron chi connectivity index (χ3n) is 5.77. The Kier molecular flexibility index (Phi) is 7.17. The number of sulfonamides is 1. The highest BCUT2D eigenvalue weighted by Gasteiger charge is 2.35. The zero-order chi connectivity index (χ0) is 22.6. The summed E-state index contributed by atoms with van der Waals surface area (Å²) in [6, 6.07) is 14.7. The molecule has 2 fully saturated rings. The quantitative estimate of drug-likeness (QED) is 0.719. The fourth-order valence-electron chi connectivity index (χ4n) is 4.00. The van der Waals surface area contributed by atoms with Crippen LogP contribution in [0.5, 0.6) is 0 Å². The molecule has 2 aliphatic rings. The molecule has 7 nitrogen and oxygen atoms in total. The van der Waals surface area contributed by atoms with E-state index in [0.29, 0.717) is 36.0 Å². The molecule has 0 aliphatic carbocycles. The number of nitrogens with one attached hydrogen (secondary N) is 1. The van der Waals surface area contributed by atoms with Crippen LogP contribution in [-0.2, 0) is 14.8 Å². The third-order valence-corrected chi connectivity index (χ3v) is 8.68. The second-order valence-electron chi connectivity index (χ2n) is 7.99. The first-order chi connectivity index (χ1) is 15.5. The van der Waals surface area contributed by atoms with Gasteiger partial charge in [0.15, 0.2) is 0 Å². The van der Waals surface area contributed by atoms with Crippen LogP contribution < -0.4 is 5.32 Å². The lowest BCUT2D eigenvalue weighted by Gasteiger charge is -2.23. The van der Waals surface area contributed by atoms with Crippen LogP contribution in [0, 0.1) is 0 Å². The highest BCUT2D eigenvalue weighted by molar-refractivity contribution is 7.99. The second kappa shape index (κ2) is 10.1. The fourth-order valence-corrected chi connectivity index (χ4v) is 6.71. The maximum Gasteiger partial charge on any atom is 0.255 e. The molecule has 2 amide bonds. The monoisotopic (exact) mass is 473 g/mol. The first-order valence-electron chi connectivity index (χ1n) is 10.8. The normalized spacial score (nSPS) is 20.0. The van der Waals surface area contributed by atoms with Crippen LogP contribution in [-0.4, -0.2) is 60.2 Å². The number of hydrogen-bond acceptors (Lipinski definition) is 5. The summed E-state index contributed by atoms with van der Waals surface area (Å²) in [4.78, 5) is 27.6. The molecule has 1 atom stereocenters. The molecular weight excluding hydrogens is 446 g/mol. The first-order valence-corrected chi connectivity index (χ1v) is 13.4. The molecule has 0 saturated carbocycles. The molecule has 32 heavy (non-hydrogen) atoms. The van der Waals surface area contributed by atoms with Gasteiger partial charge in [-0.1, -0.05) is 37.1 Å². The predicted octanol–water partition coefficient (Wildman–Crippen LogP) is 3.41. The van der Waals surface area contributed by atoms with Crippen LogP contribution in [0.4, 0.5) is 5.69 Å². The van der Waals surface area contributed by atoms with Crippen LogP contribution in [0.3, 0.4) is 0 Å². The maximum atomic E-state index is 13.1. The van der Waals surface area contributed by atoms with Crippen molar-refractivity contribution in [3.63, 3.8) is 0 Å². The molecule has 4 rings (SSSR count). The summed E-state index contributed by atoms with van der Waals surface area (Å²) in [6.45, 7) is 1.05. The number of nitrogens with zero attached hydrogens (tertiary/aromatic N) is 2. The summed E-state index contributed by atoms with van der Waals surface area (Å²) < 4.78 is 27.7. The largest absolute Gasteiger partial charge is 0.324 e. The van der Waals surface area contributed by atoms with Crippen molar-refractivity contribution < 1.29 is 18.0 Å². The van der Waals surface area contributed by atoms with E-state index in [1.54, 1.807) is 47.4 Å². The molecule has 2 heterocycles. The smallest absolute Gasteiger partial charge is 0.255 e. The number of carbonyl (C=O) groups excluding carboxylic acids is 2. The summed E-state index contributed by atoms with van der Waals surface area (Å²) in [5.74, 6) is 0.433. The fraction of sp³-hybridized carbons (Fsp3) is 0.391. The van der Waals surface area contributed by atoms with E-state index in [2.05, 4.69) is 5.32 Å². The topological polar surface area (TPSA) is 86.8 Å². The van der Waals surface area contributed by atoms with E-state index in [1.165, 1.54) is 22.1 Å². The first kappa shape index (κ1) is 22.8. The van der Waals surface area contributed by atoms with Crippen LogP contribution in [0.25, 0.3) is 0 Å². The van der Waals surface area contributed by atoms with E-state index in [-0.39, 0.29) is 16.7 Å². The molecule has 170 valence electrons. The molecular formula is C23H27N3O4S2. The van der Waals surface area contributed by atoms with Gasteiger partial charge in [0.1, 0.15) is 6.04 Å². The molecule has 2 aliphatic heterocycles. The number of anilines is 1. The van der Waals surface area contributed by atoms with Crippen molar-refractivity contribution in [2.45, 2.75) is 36.6 Å². The highest BCUT2D eigenvalue weighted by atomic mass is 32.2. The van der Waals surface area contributed by atoms with Crippen molar-refractivity contribution >= 4 is 39.3 Å². The Morgan fingerprint density at radius 1 is 0.938 bits per heavy atom. The van der Waals surface area contributed by atoms with Gasteiger partial charge in [-0.15, -0.1) is 11.8 Å². The third kappa shape index (κ3) is 5.00. The molecule has 1 N–H and O–H groups in total. The standard InChI is InChI=1S/C23H27N3O4S2/c27-22(21-16-31-17-26(21)23(28)18-9-4-3-5-10-18)24-19-11-8-12-20(15-19)32(29,30)25-13-6-1-2-7-14-25/h3-5,8-12,15,21H,1-2,6-7,13-14,16-17H2,(H,24,27)/t21-/m0/s1. The Morgan fingerprint density at radius 3 is 2.38 bits per heavy atom. The maximum absolute atomic E-state index is 13.1. The lowest BCUT2D eigenvalue weighted by Crippen LogP contribution is -2.44. The molecule has 2 saturated heterocycles. The van der Waals surface area contributed by atoms with Crippen molar-refractivity contribution in [3.05, 3.63) is 60.2 Å². The average molecular weight is 474 g/mol. The van der Waals surface area contributed by atoms with Crippen LogP contribution in [0.2, 0.25) is 0 Å². The van der Waals surface area contributed by atoms with Gasteiger partial charge in [-0.3, -0.25) is 9.59 Å². The van der Waals surface area contributed by atoms with E-state index in [0.717, 1.165) is 25.7 Å². The van der Waals surface area contributed by atoms with Crippen LogP contribution in [0.15, 0.2) is 59.5 Å². The summed E-state index contributed by atoms with van der Waals surface area (Å²) in [5.41, 5.74) is 0.952. The molecule has 9 heteroatoms. The van der Waals surface area contributed by atoms with Crippen molar-refractivity contribution in [2.24, 2.45) is 0 Å². The Labute approximate surface area is 193 Å². The molecule has 0 aromatic heterocycles. The number of carbonyl (C=O) groups is 2. The highest BCUT2D eigenvalue weighted by Crippen LogP contribution is 2.26. The van der Waals surface area contributed by atoms with Crippen LogP contribution >= 0.6 is 11.8 Å². The Hall–Kier alpha value is -2.36. The number of thioether (sulfide) groups is 1. The summed E-state index contributed by atoms with van der Waals surface area (Å²) >= 11 is 1.52. The molecule has 2 aromatic rings. The van der Waals surface area contributed by atoms with Gasteiger partial charge < -0.3 is 10.2 Å². The molecule has 0 bridgehead atoms. The lowest BCUT2D eigenvalue weighted by atomic mass is 10.1. The van der Waals surface area contributed by atoms with Crippen molar-refractivity contribution in [1.29, 1.82) is 0 Å². The zero-order valence-electron chi connectivity index (χ0n) is 17.8. The Balaban J connectivity index is 1.48. The number of rotatable bonds is 5.